The maximum atomic E-state index is 12.7. The zero-order valence-electron chi connectivity index (χ0n) is 13.2. The lowest BCUT2D eigenvalue weighted by molar-refractivity contribution is 0.0679. The molecule has 1 fully saturated rings. The Kier molecular flexibility index (Phi) is 5.17. The third-order valence-corrected chi connectivity index (χ3v) is 5.89. The van der Waals surface area contributed by atoms with E-state index >= 15 is 0 Å². The highest BCUT2D eigenvalue weighted by atomic mass is 35.5. The fourth-order valence-corrected chi connectivity index (χ4v) is 3.73. The van der Waals surface area contributed by atoms with E-state index in [1.54, 1.807) is 11.9 Å². The average Bonchev–Trinajstić information content (AvgIpc) is 2.46. The molecule has 0 spiro atoms. The molecule has 122 valence electrons. The predicted octanol–water partition coefficient (Wildman–Crippen LogP) is 3.39. The summed E-state index contributed by atoms with van der Waals surface area (Å²) in [7, 11) is -1.59. The van der Waals surface area contributed by atoms with Crippen molar-refractivity contribution in [3.63, 3.8) is 0 Å². The molecule has 0 radical (unpaired) electrons. The number of hydrogen-bond acceptors (Lipinski definition) is 3. The number of nitrogens with zero attached hydrogens (tertiary/aromatic N) is 1. The molecule has 22 heavy (non-hydrogen) atoms. The smallest absolute Gasteiger partial charge is 0.255 e. The molecule has 0 N–H and O–H groups in total. The summed E-state index contributed by atoms with van der Waals surface area (Å²) in [6.07, 6.45) is 5.30. The summed E-state index contributed by atoms with van der Waals surface area (Å²) in [4.78, 5) is 14.5. The number of halogens is 1. The van der Waals surface area contributed by atoms with Gasteiger partial charge in [0.25, 0.3) is 5.91 Å². The Labute approximate surface area is 137 Å². The van der Waals surface area contributed by atoms with E-state index in [9.17, 15) is 13.2 Å². The largest absolute Gasteiger partial charge is 0.339 e. The molecule has 1 aromatic carbocycles. The highest BCUT2D eigenvalue weighted by Crippen LogP contribution is 2.29. The maximum absolute atomic E-state index is 12.7. The van der Waals surface area contributed by atoms with Gasteiger partial charge in [-0.3, -0.25) is 4.79 Å². The molecule has 0 bridgehead atoms. The van der Waals surface area contributed by atoms with E-state index in [2.05, 4.69) is 6.92 Å². The molecule has 1 saturated carbocycles. The Morgan fingerprint density at radius 3 is 2.36 bits per heavy atom. The minimum Gasteiger partial charge on any atom is -0.339 e. The molecule has 1 aromatic rings. The van der Waals surface area contributed by atoms with Crippen LogP contribution in [-0.2, 0) is 9.84 Å². The van der Waals surface area contributed by atoms with E-state index in [0.717, 1.165) is 31.9 Å². The molecule has 0 unspecified atom stereocenters. The molecular formula is C16H22ClNO3S. The number of hydrogen-bond donors (Lipinski definition) is 0. The van der Waals surface area contributed by atoms with Crippen molar-refractivity contribution in [2.45, 2.75) is 43.5 Å². The summed E-state index contributed by atoms with van der Waals surface area (Å²) < 4.78 is 23.3. The molecule has 0 heterocycles. The molecular weight excluding hydrogens is 322 g/mol. The van der Waals surface area contributed by atoms with Crippen LogP contribution in [0, 0.1) is 5.92 Å². The molecule has 6 heteroatoms. The van der Waals surface area contributed by atoms with Crippen LogP contribution in [0.2, 0.25) is 5.02 Å². The Morgan fingerprint density at radius 1 is 1.23 bits per heavy atom. The summed E-state index contributed by atoms with van der Waals surface area (Å²) >= 11 is 6.11. The van der Waals surface area contributed by atoms with E-state index in [4.69, 9.17) is 11.6 Å². The van der Waals surface area contributed by atoms with E-state index < -0.39 is 9.84 Å². The summed E-state index contributed by atoms with van der Waals surface area (Å²) in [5.74, 6) is 0.493. The molecule has 0 aliphatic heterocycles. The van der Waals surface area contributed by atoms with Crippen LogP contribution >= 0.6 is 11.6 Å². The summed E-state index contributed by atoms with van der Waals surface area (Å²) in [6.45, 7) is 2.23. The van der Waals surface area contributed by atoms with Gasteiger partial charge >= 0.3 is 0 Å². The van der Waals surface area contributed by atoms with E-state index in [1.807, 2.05) is 0 Å². The SMILES string of the molecule is CC1CCC(N(C)C(=O)c2cc(S(C)(=O)=O)ccc2Cl)CC1. The first-order valence-electron chi connectivity index (χ1n) is 7.47. The molecule has 2 rings (SSSR count). The zero-order chi connectivity index (χ0) is 16.5. The monoisotopic (exact) mass is 343 g/mol. The molecule has 1 aliphatic carbocycles. The van der Waals surface area contributed by atoms with E-state index in [0.29, 0.717) is 5.92 Å². The number of benzene rings is 1. The maximum Gasteiger partial charge on any atom is 0.255 e. The molecule has 1 amide bonds. The van der Waals surface area contributed by atoms with E-state index in [1.165, 1.54) is 18.2 Å². The van der Waals surface area contributed by atoms with Crippen molar-refractivity contribution >= 4 is 27.3 Å². The van der Waals surface area contributed by atoms with Crippen molar-refractivity contribution in [1.82, 2.24) is 4.90 Å². The minimum absolute atomic E-state index is 0.117. The van der Waals surface area contributed by atoms with Gasteiger partial charge in [0.05, 0.1) is 15.5 Å². The van der Waals surface area contributed by atoms with Crippen LogP contribution in [0.5, 0.6) is 0 Å². The fourth-order valence-electron chi connectivity index (χ4n) is 2.88. The van der Waals surface area contributed by atoms with Gasteiger partial charge in [0, 0.05) is 19.3 Å². The fraction of sp³-hybridized carbons (Fsp3) is 0.562. The van der Waals surface area contributed by atoms with E-state index in [-0.39, 0.29) is 27.4 Å². The lowest BCUT2D eigenvalue weighted by atomic mass is 9.86. The summed E-state index contributed by atoms with van der Waals surface area (Å²) in [6, 6.07) is 4.47. The van der Waals surface area contributed by atoms with Crippen LogP contribution in [0.3, 0.4) is 0 Å². The van der Waals surface area contributed by atoms with Gasteiger partial charge in [-0.2, -0.15) is 0 Å². The molecule has 1 aliphatic rings. The van der Waals surface area contributed by atoms with Gasteiger partial charge in [-0.1, -0.05) is 18.5 Å². The topological polar surface area (TPSA) is 54.5 Å². The van der Waals surface area contributed by atoms with Crippen molar-refractivity contribution in [3.05, 3.63) is 28.8 Å². The highest BCUT2D eigenvalue weighted by molar-refractivity contribution is 7.90. The van der Waals surface area contributed by atoms with Gasteiger partial charge < -0.3 is 4.90 Å². The highest BCUT2D eigenvalue weighted by Gasteiger charge is 2.27. The van der Waals surface area contributed by atoms with Crippen molar-refractivity contribution in [1.29, 1.82) is 0 Å². The second kappa shape index (κ2) is 6.59. The number of carbonyl (C=O) groups excluding carboxylic acids is 1. The van der Waals surface area contributed by atoms with Crippen LogP contribution in [0.25, 0.3) is 0 Å². The Bertz CT molecular complexity index is 664. The van der Waals surface area contributed by atoms with Gasteiger partial charge in [0.2, 0.25) is 0 Å². The van der Waals surface area contributed by atoms with Gasteiger partial charge in [-0.25, -0.2) is 8.42 Å². The van der Waals surface area contributed by atoms with Gasteiger partial charge in [0.15, 0.2) is 9.84 Å². The third-order valence-electron chi connectivity index (χ3n) is 4.45. The number of amides is 1. The third kappa shape index (κ3) is 3.82. The lowest BCUT2D eigenvalue weighted by Crippen LogP contribution is -2.39. The summed E-state index contributed by atoms with van der Waals surface area (Å²) in [5.41, 5.74) is 0.255. The van der Waals surface area contributed by atoms with Crippen LogP contribution in [-0.4, -0.2) is 38.6 Å². The van der Waals surface area contributed by atoms with Crippen molar-refractivity contribution in [3.8, 4) is 0 Å². The van der Waals surface area contributed by atoms with Gasteiger partial charge in [-0.05, 0) is 49.8 Å². The quantitative estimate of drug-likeness (QED) is 0.845. The first kappa shape index (κ1) is 17.3. The van der Waals surface area contributed by atoms with Crippen LogP contribution < -0.4 is 0 Å². The van der Waals surface area contributed by atoms with Gasteiger partial charge in [-0.15, -0.1) is 0 Å². The van der Waals surface area contributed by atoms with Crippen LogP contribution in [0.15, 0.2) is 23.1 Å². The number of rotatable bonds is 3. The van der Waals surface area contributed by atoms with Crippen LogP contribution in [0.1, 0.15) is 43.0 Å². The standard InChI is InChI=1S/C16H22ClNO3S/c1-11-4-6-12(7-5-11)18(2)16(19)14-10-13(22(3,20)21)8-9-15(14)17/h8-12H,4-7H2,1-3H3. The van der Waals surface area contributed by atoms with Gasteiger partial charge in [0.1, 0.15) is 0 Å². The van der Waals surface area contributed by atoms with Crippen molar-refractivity contribution < 1.29 is 13.2 Å². The zero-order valence-corrected chi connectivity index (χ0v) is 14.7. The predicted molar refractivity (Wildman–Crippen MR) is 88.1 cm³/mol. The average molecular weight is 344 g/mol. The van der Waals surface area contributed by atoms with Crippen molar-refractivity contribution in [2.75, 3.05) is 13.3 Å². The number of sulfone groups is 1. The second-order valence-electron chi connectivity index (χ2n) is 6.24. The molecule has 0 atom stereocenters. The molecule has 0 aromatic heterocycles. The molecule has 4 nitrogen and oxygen atoms in total. The van der Waals surface area contributed by atoms with Crippen molar-refractivity contribution in [2.24, 2.45) is 5.92 Å². The molecule has 0 saturated heterocycles. The Balaban J connectivity index is 2.25. The first-order valence-corrected chi connectivity index (χ1v) is 9.74. The number of carbonyl (C=O) groups is 1. The normalized spacial score (nSPS) is 22.4. The lowest BCUT2D eigenvalue weighted by Gasteiger charge is -2.33. The Morgan fingerprint density at radius 2 is 1.82 bits per heavy atom. The van der Waals surface area contributed by atoms with Crippen LogP contribution in [0.4, 0.5) is 0 Å². The first-order chi connectivity index (χ1) is 10.2. The summed E-state index contributed by atoms with van der Waals surface area (Å²) in [5, 5.41) is 0.286. The Hall–Kier alpha value is -1.07. The second-order valence-corrected chi connectivity index (χ2v) is 8.67. The minimum atomic E-state index is -3.36.